The number of piperidine rings is 1. The van der Waals surface area contributed by atoms with E-state index in [-0.39, 0.29) is 17.7 Å². The van der Waals surface area contributed by atoms with E-state index in [1.54, 1.807) is 41.5 Å². The summed E-state index contributed by atoms with van der Waals surface area (Å²) in [6, 6.07) is 8.73. The normalized spacial score (nSPS) is 15.0. The Hall–Kier alpha value is -2.81. The molecule has 8 nitrogen and oxygen atoms in total. The number of likely N-dealkylation sites (tertiary alicyclic amines) is 1. The summed E-state index contributed by atoms with van der Waals surface area (Å²) >= 11 is 3.21. The molecule has 0 aromatic carbocycles. The molecule has 0 radical (unpaired) electrons. The van der Waals surface area contributed by atoms with Crippen LogP contribution in [-0.4, -0.2) is 40.0 Å². The van der Waals surface area contributed by atoms with Crippen LogP contribution >= 0.6 is 15.9 Å². The van der Waals surface area contributed by atoms with Crippen LogP contribution in [0, 0.1) is 0 Å². The van der Waals surface area contributed by atoms with Crippen molar-refractivity contribution in [2.24, 2.45) is 0 Å². The number of hydrogen-bond acceptors (Lipinski definition) is 5. The number of hydrogen-bond donors (Lipinski definition) is 2. The van der Waals surface area contributed by atoms with Gasteiger partial charge in [0.15, 0.2) is 10.4 Å². The first-order chi connectivity index (χ1) is 13.6. The highest BCUT2D eigenvalue weighted by atomic mass is 79.9. The number of halogens is 1. The van der Waals surface area contributed by atoms with Crippen LogP contribution in [0.2, 0.25) is 0 Å². The van der Waals surface area contributed by atoms with Crippen molar-refractivity contribution in [2.45, 2.75) is 25.3 Å². The van der Waals surface area contributed by atoms with Crippen LogP contribution in [0.15, 0.2) is 50.1 Å². The van der Waals surface area contributed by atoms with Gasteiger partial charge < -0.3 is 19.1 Å². The number of aromatic amines is 1. The average Bonchev–Trinajstić information content (AvgIpc) is 3.47. The van der Waals surface area contributed by atoms with E-state index in [1.165, 1.54) is 0 Å². The van der Waals surface area contributed by atoms with Crippen molar-refractivity contribution in [1.29, 1.82) is 0 Å². The third kappa shape index (κ3) is 4.04. The molecule has 28 heavy (non-hydrogen) atoms. The van der Waals surface area contributed by atoms with Crippen LogP contribution in [0.25, 0.3) is 0 Å². The topological polar surface area (TPSA) is 104 Å². The lowest BCUT2D eigenvalue weighted by Gasteiger charge is -2.30. The molecule has 1 fully saturated rings. The van der Waals surface area contributed by atoms with E-state index in [1.807, 2.05) is 0 Å². The molecule has 9 heteroatoms. The van der Waals surface area contributed by atoms with E-state index in [2.05, 4.69) is 31.4 Å². The van der Waals surface area contributed by atoms with Crippen molar-refractivity contribution < 1.29 is 18.4 Å². The molecule has 1 aliphatic rings. The summed E-state index contributed by atoms with van der Waals surface area (Å²) in [5, 5.41) is 9.87. The van der Waals surface area contributed by atoms with Crippen molar-refractivity contribution in [2.75, 3.05) is 13.1 Å². The van der Waals surface area contributed by atoms with Gasteiger partial charge in [0.05, 0.1) is 12.8 Å². The number of furan rings is 2. The molecule has 0 aliphatic carbocycles. The third-order valence-corrected chi connectivity index (χ3v) is 5.27. The van der Waals surface area contributed by atoms with E-state index in [9.17, 15) is 9.59 Å². The zero-order valence-electron chi connectivity index (χ0n) is 15.0. The Balaban J connectivity index is 1.31. The van der Waals surface area contributed by atoms with Crippen LogP contribution in [0.1, 0.15) is 51.3 Å². The van der Waals surface area contributed by atoms with Gasteiger partial charge >= 0.3 is 0 Å². The molecule has 1 aliphatic heterocycles. The number of amides is 2. The smallest absolute Gasteiger partial charge is 0.289 e. The van der Waals surface area contributed by atoms with Gasteiger partial charge in [0.25, 0.3) is 11.8 Å². The molecule has 2 amide bonds. The summed E-state index contributed by atoms with van der Waals surface area (Å²) in [6.07, 6.45) is 3.16. The minimum Gasteiger partial charge on any atom is -0.467 e. The Kier molecular flexibility index (Phi) is 5.34. The Labute approximate surface area is 169 Å². The number of carbonyl (C=O) groups excluding carboxylic acids is 2. The number of carbonyl (C=O) groups is 2. The molecule has 0 bridgehead atoms. The Morgan fingerprint density at radius 2 is 2.11 bits per heavy atom. The lowest BCUT2D eigenvalue weighted by Crippen LogP contribution is -2.37. The maximum Gasteiger partial charge on any atom is 0.289 e. The second-order valence-corrected chi connectivity index (χ2v) is 7.42. The minimum absolute atomic E-state index is 0.105. The largest absolute Gasteiger partial charge is 0.467 e. The van der Waals surface area contributed by atoms with Gasteiger partial charge in [0.2, 0.25) is 0 Å². The highest BCUT2D eigenvalue weighted by molar-refractivity contribution is 9.10. The van der Waals surface area contributed by atoms with E-state index in [0.717, 1.165) is 18.5 Å². The van der Waals surface area contributed by atoms with Crippen LogP contribution in [-0.2, 0) is 6.54 Å². The average molecular weight is 447 g/mol. The minimum atomic E-state index is -0.255. The molecule has 0 unspecified atom stereocenters. The highest BCUT2D eigenvalue weighted by Crippen LogP contribution is 2.28. The summed E-state index contributed by atoms with van der Waals surface area (Å²) in [6.45, 7) is 1.57. The molecule has 0 atom stereocenters. The third-order valence-electron chi connectivity index (χ3n) is 4.84. The van der Waals surface area contributed by atoms with Crippen molar-refractivity contribution >= 4 is 27.7 Å². The number of aromatic nitrogens is 2. The monoisotopic (exact) mass is 446 g/mol. The van der Waals surface area contributed by atoms with Gasteiger partial charge in [-0.25, -0.2) is 0 Å². The summed E-state index contributed by atoms with van der Waals surface area (Å²) in [7, 11) is 0. The Morgan fingerprint density at radius 3 is 2.79 bits per heavy atom. The fraction of sp³-hybridized carbons (Fsp3) is 0.316. The van der Waals surface area contributed by atoms with Gasteiger partial charge in [-0.05, 0) is 59.1 Å². The van der Waals surface area contributed by atoms with Crippen molar-refractivity contribution in [1.82, 2.24) is 20.4 Å². The molecule has 2 N–H and O–H groups in total. The summed E-state index contributed by atoms with van der Waals surface area (Å²) in [4.78, 5) is 26.5. The summed E-state index contributed by atoms with van der Waals surface area (Å²) in [5.41, 5.74) is 1.26. The SMILES string of the molecule is O=C(NCc1ccco1)c1cc(C2CCN(C(=O)c3ccc(Br)o3)CC2)[nH]n1. The van der Waals surface area contributed by atoms with Crippen LogP contribution in [0.3, 0.4) is 0 Å². The van der Waals surface area contributed by atoms with Gasteiger partial charge in [-0.1, -0.05) is 0 Å². The molecule has 4 heterocycles. The molecular formula is C19H19BrN4O4. The quantitative estimate of drug-likeness (QED) is 0.625. The lowest BCUT2D eigenvalue weighted by atomic mass is 9.93. The predicted molar refractivity (Wildman–Crippen MR) is 103 cm³/mol. The number of nitrogens with one attached hydrogen (secondary N) is 2. The van der Waals surface area contributed by atoms with E-state index < -0.39 is 0 Å². The zero-order chi connectivity index (χ0) is 19.5. The number of nitrogens with zero attached hydrogens (tertiary/aromatic N) is 2. The molecular weight excluding hydrogens is 428 g/mol. The Morgan fingerprint density at radius 1 is 1.29 bits per heavy atom. The molecule has 146 valence electrons. The van der Waals surface area contributed by atoms with Gasteiger partial charge in [-0.2, -0.15) is 5.10 Å². The van der Waals surface area contributed by atoms with E-state index in [0.29, 0.717) is 41.5 Å². The molecule has 3 aromatic rings. The second-order valence-electron chi connectivity index (χ2n) is 6.64. The van der Waals surface area contributed by atoms with Crippen LogP contribution in [0.4, 0.5) is 0 Å². The van der Waals surface area contributed by atoms with E-state index >= 15 is 0 Å². The summed E-state index contributed by atoms with van der Waals surface area (Å²) in [5.74, 6) is 0.889. The van der Waals surface area contributed by atoms with Gasteiger partial charge in [0, 0.05) is 24.7 Å². The number of H-pyrrole nitrogens is 1. The highest BCUT2D eigenvalue weighted by Gasteiger charge is 2.27. The maximum absolute atomic E-state index is 12.4. The first-order valence-corrected chi connectivity index (χ1v) is 9.80. The standard InChI is InChI=1S/C19H19BrN4O4/c20-17-4-3-16(28-17)19(26)24-7-5-12(6-8-24)14-10-15(23-22-14)18(25)21-11-13-2-1-9-27-13/h1-4,9-10,12H,5-8,11H2,(H,21,25)(H,22,23). The lowest BCUT2D eigenvalue weighted by molar-refractivity contribution is 0.0678. The fourth-order valence-electron chi connectivity index (χ4n) is 3.31. The van der Waals surface area contributed by atoms with Crippen molar-refractivity contribution in [3.8, 4) is 0 Å². The van der Waals surface area contributed by atoms with Gasteiger partial charge in [0.1, 0.15) is 11.5 Å². The molecule has 4 rings (SSSR count). The fourth-order valence-corrected chi connectivity index (χ4v) is 3.62. The van der Waals surface area contributed by atoms with Gasteiger partial charge in [-0.15, -0.1) is 0 Å². The summed E-state index contributed by atoms with van der Waals surface area (Å²) < 4.78 is 11.1. The zero-order valence-corrected chi connectivity index (χ0v) is 16.6. The Bertz CT molecular complexity index is 954. The van der Waals surface area contributed by atoms with Gasteiger partial charge in [-0.3, -0.25) is 14.7 Å². The molecule has 0 spiro atoms. The molecule has 3 aromatic heterocycles. The first kappa shape index (κ1) is 18.5. The maximum atomic E-state index is 12.4. The van der Waals surface area contributed by atoms with Crippen molar-refractivity contribution in [3.05, 3.63) is 64.2 Å². The van der Waals surface area contributed by atoms with Crippen LogP contribution in [0.5, 0.6) is 0 Å². The van der Waals surface area contributed by atoms with Crippen molar-refractivity contribution in [3.63, 3.8) is 0 Å². The number of rotatable bonds is 5. The molecule has 1 saturated heterocycles. The van der Waals surface area contributed by atoms with Crippen LogP contribution < -0.4 is 5.32 Å². The predicted octanol–water partition coefficient (Wildman–Crippen LogP) is 3.31. The second kappa shape index (κ2) is 8.05. The molecule has 0 saturated carbocycles. The first-order valence-electron chi connectivity index (χ1n) is 9.00. The van der Waals surface area contributed by atoms with E-state index in [4.69, 9.17) is 8.83 Å².